The van der Waals surface area contributed by atoms with E-state index in [1.54, 1.807) is 42.3 Å². The second kappa shape index (κ2) is 14.0. The van der Waals surface area contributed by atoms with E-state index in [1.165, 1.54) is 18.3 Å². The molecule has 43 heavy (non-hydrogen) atoms. The third-order valence-electron chi connectivity index (χ3n) is 7.11. The molecule has 11 heteroatoms. The number of hydrogen-bond acceptors (Lipinski definition) is 8. The van der Waals surface area contributed by atoms with Crippen molar-refractivity contribution in [3.8, 4) is 28.0 Å². The van der Waals surface area contributed by atoms with Crippen LogP contribution in [0.15, 0.2) is 67.1 Å². The van der Waals surface area contributed by atoms with Crippen LogP contribution in [-0.2, 0) is 21.1 Å². The second-order valence-electron chi connectivity index (χ2n) is 10.6. The number of carbonyl (C=O) groups excluding carboxylic acids is 2. The van der Waals surface area contributed by atoms with E-state index in [0.717, 1.165) is 17.5 Å². The number of aromatic nitrogens is 3. The first-order valence-corrected chi connectivity index (χ1v) is 13.9. The summed E-state index contributed by atoms with van der Waals surface area (Å²) in [5.41, 5.74) is 9.87. The number of nitrogens with one attached hydrogen (secondary N) is 1. The number of methoxy groups -OCH3 is 1. The van der Waals surface area contributed by atoms with Gasteiger partial charge < -0.3 is 25.4 Å². The zero-order valence-corrected chi connectivity index (χ0v) is 25.0. The first-order chi connectivity index (χ1) is 20.6. The van der Waals surface area contributed by atoms with E-state index in [9.17, 15) is 14.0 Å². The molecule has 2 unspecified atom stereocenters. The molecule has 0 saturated carbocycles. The Morgan fingerprint density at radius 3 is 2.63 bits per heavy atom. The van der Waals surface area contributed by atoms with Crippen molar-refractivity contribution in [3.63, 3.8) is 0 Å². The molecule has 4 rings (SSSR count). The Labute approximate surface area is 250 Å². The molecule has 2 atom stereocenters. The summed E-state index contributed by atoms with van der Waals surface area (Å²) >= 11 is 0. The lowest BCUT2D eigenvalue weighted by Crippen LogP contribution is -2.38. The van der Waals surface area contributed by atoms with Gasteiger partial charge in [-0.2, -0.15) is 4.39 Å². The molecule has 4 aromatic rings. The molecule has 3 heterocycles. The van der Waals surface area contributed by atoms with Gasteiger partial charge in [-0.1, -0.05) is 26.3 Å². The Bertz CT molecular complexity index is 1630. The van der Waals surface area contributed by atoms with Gasteiger partial charge in [0, 0.05) is 65.5 Å². The summed E-state index contributed by atoms with van der Waals surface area (Å²) in [6, 6.07) is 9.59. The summed E-state index contributed by atoms with van der Waals surface area (Å²) in [5, 5.41) is 3.58. The molecule has 0 fully saturated rings. The second-order valence-corrected chi connectivity index (χ2v) is 10.6. The zero-order valence-electron chi connectivity index (χ0n) is 25.0. The SMILES string of the molecule is CCC(C)C(N)C(=O)OCn1cc(-c2ccnc(F)c2)c2cc(-c3cc(NC(=O)/C=C/CN(C)C)cc(OC)c3)cnc21. The van der Waals surface area contributed by atoms with E-state index >= 15 is 0 Å². The molecular weight excluding hydrogens is 551 g/mol. The van der Waals surface area contributed by atoms with E-state index in [1.807, 2.05) is 51.0 Å². The fourth-order valence-corrected chi connectivity index (χ4v) is 4.45. The number of halogens is 1. The predicted octanol–water partition coefficient (Wildman–Crippen LogP) is 4.84. The summed E-state index contributed by atoms with van der Waals surface area (Å²) in [6.07, 6.45) is 8.83. The van der Waals surface area contributed by atoms with Gasteiger partial charge in [0.25, 0.3) is 0 Å². The Morgan fingerprint density at radius 1 is 1.14 bits per heavy atom. The summed E-state index contributed by atoms with van der Waals surface area (Å²) in [6.45, 7) is 4.38. The van der Waals surface area contributed by atoms with Crippen LogP contribution in [0.25, 0.3) is 33.3 Å². The molecule has 10 nitrogen and oxygen atoms in total. The third-order valence-corrected chi connectivity index (χ3v) is 7.11. The lowest BCUT2D eigenvalue weighted by Gasteiger charge is -2.17. The Balaban J connectivity index is 1.72. The van der Waals surface area contributed by atoms with Crippen LogP contribution in [0.4, 0.5) is 10.1 Å². The molecule has 3 aromatic heterocycles. The summed E-state index contributed by atoms with van der Waals surface area (Å²) in [5.74, 6) is -0.885. The molecule has 0 aliphatic carbocycles. The maximum absolute atomic E-state index is 14.1. The number of rotatable bonds is 12. The average molecular weight is 589 g/mol. The number of ether oxygens (including phenoxy) is 2. The number of likely N-dealkylation sites (N-methyl/N-ethyl adjacent to an activating group) is 1. The highest BCUT2D eigenvalue weighted by Gasteiger charge is 2.22. The Morgan fingerprint density at radius 2 is 1.93 bits per heavy atom. The van der Waals surface area contributed by atoms with Crippen molar-refractivity contribution >= 4 is 28.6 Å². The van der Waals surface area contributed by atoms with Crippen LogP contribution >= 0.6 is 0 Å². The standard InChI is InChI=1S/C32H37FN6O4/c1-6-20(2)30(34)32(41)43-19-39-18-27(21-9-10-35-28(33)15-21)26-14-23(17-36-31(26)39)22-12-24(16-25(13-22)42-5)37-29(40)8-7-11-38(3)4/h7-10,12-18,20,30H,6,11,19,34H2,1-5H3,(H,37,40)/b8-7+. The number of pyridine rings is 2. The molecule has 226 valence electrons. The van der Waals surface area contributed by atoms with Gasteiger partial charge in [-0.05, 0) is 55.4 Å². The first kappa shape index (κ1) is 31.3. The molecule has 1 aromatic carbocycles. The van der Waals surface area contributed by atoms with Crippen molar-refractivity contribution in [2.75, 3.05) is 33.1 Å². The molecule has 1 amide bonds. The summed E-state index contributed by atoms with van der Waals surface area (Å²) in [7, 11) is 5.39. The number of nitrogens with zero attached hydrogens (tertiary/aromatic N) is 4. The van der Waals surface area contributed by atoms with E-state index < -0.39 is 18.0 Å². The first-order valence-electron chi connectivity index (χ1n) is 13.9. The average Bonchev–Trinajstić information content (AvgIpc) is 3.36. The van der Waals surface area contributed by atoms with Crippen LogP contribution in [-0.4, -0.2) is 65.1 Å². The van der Waals surface area contributed by atoms with Crippen LogP contribution in [0.2, 0.25) is 0 Å². The summed E-state index contributed by atoms with van der Waals surface area (Å²) in [4.78, 5) is 35.4. The number of anilines is 1. The number of amides is 1. The van der Waals surface area contributed by atoms with Crippen molar-refractivity contribution in [2.45, 2.75) is 33.0 Å². The van der Waals surface area contributed by atoms with E-state index in [0.29, 0.717) is 40.1 Å². The molecule has 0 spiro atoms. The number of fused-ring (bicyclic) bond motifs is 1. The van der Waals surface area contributed by atoms with Crippen molar-refractivity contribution in [2.24, 2.45) is 11.7 Å². The van der Waals surface area contributed by atoms with Crippen molar-refractivity contribution in [3.05, 3.63) is 73.1 Å². The highest BCUT2D eigenvalue weighted by Crippen LogP contribution is 2.35. The van der Waals surface area contributed by atoms with Gasteiger partial charge in [0.1, 0.15) is 17.4 Å². The number of nitrogens with two attached hydrogens (primary N) is 1. The van der Waals surface area contributed by atoms with Crippen molar-refractivity contribution < 1.29 is 23.5 Å². The molecule has 0 radical (unpaired) electrons. The topological polar surface area (TPSA) is 125 Å². The monoisotopic (exact) mass is 588 g/mol. The predicted molar refractivity (Wildman–Crippen MR) is 165 cm³/mol. The molecule has 3 N–H and O–H groups in total. The Kier molecular flexibility index (Phi) is 10.2. The minimum Gasteiger partial charge on any atom is -0.497 e. The molecule has 0 aliphatic rings. The van der Waals surface area contributed by atoms with Crippen LogP contribution in [0.3, 0.4) is 0 Å². The number of benzene rings is 1. The van der Waals surface area contributed by atoms with Gasteiger partial charge >= 0.3 is 5.97 Å². The zero-order chi connectivity index (χ0) is 31.1. The highest BCUT2D eigenvalue weighted by molar-refractivity contribution is 6.00. The normalized spacial score (nSPS) is 12.9. The smallest absolute Gasteiger partial charge is 0.324 e. The van der Waals surface area contributed by atoms with E-state index in [4.69, 9.17) is 20.2 Å². The lowest BCUT2D eigenvalue weighted by molar-refractivity contribution is -0.150. The third kappa shape index (κ3) is 7.82. The fourth-order valence-electron chi connectivity index (χ4n) is 4.45. The van der Waals surface area contributed by atoms with Crippen LogP contribution in [0.5, 0.6) is 5.75 Å². The Hall–Kier alpha value is -4.61. The van der Waals surface area contributed by atoms with Gasteiger partial charge in [0.2, 0.25) is 11.9 Å². The summed E-state index contributed by atoms with van der Waals surface area (Å²) < 4.78 is 26.9. The van der Waals surface area contributed by atoms with Gasteiger partial charge in [-0.3, -0.25) is 14.2 Å². The molecule has 0 aliphatic heterocycles. The van der Waals surface area contributed by atoms with Crippen LogP contribution in [0, 0.1) is 11.9 Å². The van der Waals surface area contributed by atoms with Crippen molar-refractivity contribution in [1.82, 2.24) is 19.4 Å². The number of esters is 1. The number of hydrogen-bond donors (Lipinski definition) is 2. The molecule has 0 bridgehead atoms. The highest BCUT2D eigenvalue weighted by atomic mass is 19.1. The maximum atomic E-state index is 14.1. The van der Waals surface area contributed by atoms with E-state index in [-0.39, 0.29) is 18.6 Å². The minimum atomic E-state index is -0.744. The fraction of sp³-hybridized carbons (Fsp3) is 0.312. The van der Waals surface area contributed by atoms with Crippen LogP contribution < -0.4 is 15.8 Å². The number of carbonyl (C=O) groups is 2. The van der Waals surface area contributed by atoms with Gasteiger partial charge in [-0.15, -0.1) is 0 Å². The van der Waals surface area contributed by atoms with Crippen LogP contribution in [0.1, 0.15) is 20.3 Å². The lowest BCUT2D eigenvalue weighted by atomic mass is 10.0. The van der Waals surface area contributed by atoms with Gasteiger partial charge in [0.15, 0.2) is 6.73 Å². The largest absolute Gasteiger partial charge is 0.497 e. The molecular formula is C32H37FN6O4. The van der Waals surface area contributed by atoms with Gasteiger partial charge in [-0.25, -0.2) is 9.97 Å². The maximum Gasteiger partial charge on any atom is 0.324 e. The quantitative estimate of drug-likeness (QED) is 0.137. The van der Waals surface area contributed by atoms with Crippen molar-refractivity contribution in [1.29, 1.82) is 0 Å². The minimum absolute atomic E-state index is 0.0310. The molecule has 0 saturated heterocycles. The van der Waals surface area contributed by atoms with E-state index in [2.05, 4.69) is 10.3 Å². The van der Waals surface area contributed by atoms with Gasteiger partial charge in [0.05, 0.1) is 7.11 Å².